The maximum Gasteiger partial charge on any atom is 0.278 e. The largest absolute Gasteiger partial charge is 0.362 e. The van der Waals surface area contributed by atoms with Crippen molar-refractivity contribution in [2.75, 3.05) is 6.54 Å². The van der Waals surface area contributed by atoms with Crippen molar-refractivity contribution in [3.63, 3.8) is 0 Å². The summed E-state index contributed by atoms with van der Waals surface area (Å²) in [6, 6.07) is 19.4. The molecule has 30 heavy (non-hydrogen) atoms. The Morgan fingerprint density at radius 3 is 2.40 bits per heavy atom. The van der Waals surface area contributed by atoms with Gasteiger partial charge in [0.2, 0.25) is 0 Å². The van der Waals surface area contributed by atoms with E-state index in [0.717, 1.165) is 23.4 Å². The van der Waals surface area contributed by atoms with Crippen molar-refractivity contribution in [1.82, 2.24) is 9.80 Å². The van der Waals surface area contributed by atoms with E-state index >= 15 is 0 Å². The molecule has 5 rings (SSSR count). The lowest BCUT2D eigenvalue weighted by atomic mass is 9.99. The second-order valence-corrected chi connectivity index (χ2v) is 8.85. The predicted octanol–water partition coefficient (Wildman–Crippen LogP) is 4.74. The molecule has 0 N–H and O–H groups in total. The lowest BCUT2D eigenvalue weighted by Gasteiger charge is -2.31. The van der Waals surface area contributed by atoms with Gasteiger partial charge in [-0.25, -0.2) is 0 Å². The van der Waals surface area contributed by atoms with Gasteiger partial charge in [-0.1, -0.05) is 54.1 Å². The molecule has 3 heterocycles. The van der Waals surface area contributed by atoms with Gasteiger partial charge in [-0.2, -0.15) is 0 Å². The molecule has 1 aromatic heterocycles. The minimum Gasteiger partial charge on any atom is -0.362 e. The number of carbonyl (C=O) groups excluding carboxylic acids is 2. The fourth-order valence-electron chi connectivity index (χ4n) is 4.10. The maximum atomic E-state index is 13.5. The summed E-state index contributed by atoms with van der Waals surface area (Å²) >= 11 is 7.47. The smallest absolute Gasteiger partial charge is 0.278 e. The number of imide groups is 1. The lowest BCUT2D eigenvalue weighted by Crippen LogP contribution is -2.37. The van der Waals surface area contributed by atoms with Crippen molar-refractivity contribution < 1.29 is 9.59 Å². The minimum absolute atomic E-state index is 0.224. The van der Waals surface area contributed by atoms with Crippen LogP contribution in [0.2, 0.25) is 5.02 Å². The molecule has 0 unspecified atom stereocenters. The highest BCUT2D eigenvalue weighted by atomic mass is 35.5. The Labute approximate surface area is 184 Å². The van der Waals surface area contributed by atoms with Gasteiger partial charge in [0.1, 0.15) is 5.70 Å². The molecule has 0 bridgehead atoms. The van der Waals surface area contributed by atoms with Crippen molar-refractivity contribution >= 4 is 40.3 Å². The van der Waals surface area contributed by atoms with E-state index in [2.05, 4.69) is 17.0 Å². The van der Waals surface area contributed by atoms with Gasteiger partial charge in [0.25, 0.3) is 11.8 Å². The van der Waals surface area contributed by atoms with E-state index in [1.54, 1.807) is 12.1 Å². The van der Waals surface area contributed by atoms with E-state index in [4.69, 9.17) is 11.6 Å². The quantitative estimate of drug-likeness (QED) is 0.557. The molecule has 2 aliphatic heterocycles. The number of hydrogen-bond acceptors (Lipinski definition) is 4. The highest BCUT2D eigenvalue weighted by molar-refractivity contribution is 7.11. The van der Waals surface area contributed by atoms with Crippen LogP contribution in [0.1, 0.15) is 21.6 Å². The van der Waals surface area contributed by atoms with E-state index in [1.165, 1.54) is 27.4 Å². The normalized spacial score (nSPS) is 16.4. The summed E-state index contributed by atoms with van der Waals surface area (Å²) in [7, 11) is 0. The summed E-state index contributed by atoms with van der Waals surface area (Å²) in [5.74, 6) is -0.455. The Morgan fingerprint density at radius 1 is 0.900 bits per heavy atom. The fraction of sp³-hybridized carbons (Fsp3) is 0.167. The van der Waals surface area contributed by atoms with E-state index in [9.17, 15) is 9.59 Å². The van der Waals surface area contributed by atoms with Gasteiger partial charge in [0, 0.05) is 23.0 Å². The summed E-state index contributed by atoms with van der Waals surface area (Å²) in [6.07, 6.45) is 0.857. The van der Waals surface area contributed by atoms with E-state index in [1.807, 2.05) is 41.8 Å². The van der Waals surface area contributed by atoms with E-state index in [-0.39, 0.29) is 18.4 Å². The highest BCUT2D eigenvalue weighted by Crippen LogP contribution is 2.36. The molecule has 3 aromatic rings. The Kier molecular flexibility index (Phi) is 4.93. The van der Waals surface area contributed by atoms with Crippen LogP contribution in [-0.2, 0) is 29.1 Å². The number of amides is 2. The third-order valence-electron chi connectivity index (χ3n) is 5.61. The molecule has 6 heteroatoms. The van der Waals surface area contributed by atoms with Crippen LogP contribution in [0.4, 0.5) is 0 Å². The lowest BCUT2D eigenvalue weighted by molar-refractivity contribution is -0.138. The zero-order chi connectivity index (χ0) is 20.7. The predicted molar refractivity (Wildman–Crippen MR) is 119 cm³/mol. The first-order valence-corrected chi connectivity index (χ1v) is 11.1. The van der Waals surface area contributed by atoms with Crippen molar-refractivity contribution in [2.45, 2.75) is 19.5 Å². The van der Waals surface area contributed by atoms with Crippen LogP contribution < -0.4 is 0 Å². The molecule has 0 atom stereocenters. The van der Waals surface area contributed by atoms with Crippen molar-refractivity contribution in [2.24, 2.45) is 0 Å². The van der Waals surface area contributed by atoms with Crippen LogP contribution in [0.25, 0.3) is 5.57 Å². The van der Waals surface area contributed by atoms with Gasteiger partial charge >= 0.3 is 0 Å². The monoisotopic (exact) mass is 434 g/mol. The summed E-state index contributed by atoms with van der Waals surface area (Å²) in [5.41, 5.74) is 4.42. The van der Waals surface area contributed by atoms with Crippen molar-refractivity contribution in [3.8, 4) is 0 Å². The molecular formula is C24H19ClN2O2S. The van der Waals surface area contributed by atoms with Gasteiger partial charge in [-0.3, -0.25) is 14.5 Å². The Bertz CT molecular complexity index is 1150. The summed E-state index contributed by atoms with van der Waals surface area (Å²) < 4.78 is 0. The average Bonchev–Trinajstić information content (AvgIpc) is 3.37. The number of carbonyl (C=O) groups is 2. The Hall–Kier alpha value is -2.89. The third kappa shape index (κ3) is 3.34. The topological polar surface area (TPSA) is 40.6 Å². The van der Waals surface area contributed by atoms with E-state index < -0.39 is 0 Å². The number of hydrogen-bond donors (Lipinski definition) is 0. The molecule has 4 nitrogen and oxygen atoms in total. The van der Waals surface area contributed by atoms with Gasteiger partial charge in [0.05, 0.1) is 12.1 Å². The van der Waals surface area contributed by atoms with Crippen molar-refractivity contribution in [3.05, 3.63) is 98.3 Å². The molecule has 0 spiro atoms. The Balaban J connectivity index is 1.52. The van der Waals surface area contributed by atoms with Crippen LogP contribution in [-0.4, -0.2) is 28.2 Å². The van der Waals surface area contributed by atoms with Crippen molar-refractivity contribution in [1.29, 1.82) is 0 Å². The molecule has 150 valence electrons. The molecule has 0 saturated heterocycles. The van der Waals surface area contributed by atoms with Gasteiger partial charge < -0.3 is 4.90 Å². The summed E-state index contributed by atoms with van der Waals surface area (Å²) in [4.78, 5) is 31.1. The average molecular weight is 435 g/mol. The van der Waals surface area contributed by atoms with Crippen LogP contribution >= 0.6 is 22.9 Å². The number of nitrogens with zero attached hydrogens (tertiary/aromatic N) is 2. The highest BCUT2D eigenvalue weighted by Gasteiger charge is 2.42. The van der Waals surface area contributed by atoms with Crippen LogP contribution in [0.5, 0.6) is 0 Å². The van der Waals surface area contributed by atoms with Gasteiger partial charge in [0.15, 0.2) is 0 Å². The van der Waals surface area contributed by atoms with Gasteiger partial charge in [-0.05, 0) is 46.7 Å². The minimum atomic E-state index is -0.230. The number of halogens is 1. The first kappa shape index (κ1) is 19.1. The second kappa shape index (κ2) is 7.74. The van der Waals surface area contributed by atoms with Crippen LogP contribution in [0.15, 0.2) is 71.7 Å². The molecule has 0 saturated carbocycles. The first-order valence-electron chi connectivity index (χ1n) is 9.82. The molecule has 2 amide bonds. The molecule has 0 aliphatic carbocycles. The molecular weight excluding hydrogens is 416 g/mol. The number of fused-ring (bicyclic) bond motifs is 1. The Morgan fingerprint density at radius 2 is 1.67 bits per heavy atom. The zero-order valence-corrected chi connectivity index (χ0v) is 17.7. The van der Waals surface area contributed by atoms with Crippen LogP contribution in [0.3, 0.4) is 0 Å². The van der Waals surface area contributed by atoms with Gasteiger partial charge in [-0.15, -0.1) is 11.3 Å². The molecule has 2 aromatic carbocycles. The molecule has 0 fully saturated rings. The second-order valence-electron chi connectivity index (χ2n) is 7.46. The SMILES string of the molecule is O=C1C(c2cccs2)=C(N2CCc3ccccc3C2)C(=O)N1Cc1ccc(Cl)cc1. The zero-order valence-electron chi connectivity index (χ0n) is 16.2. The molecule has 2 aliphatic rings. The van der Waals surface area contributed by atoms with E-state index in [0.29, 0.717) is 22.8 Å². The number of rotatable bonds is 4. The third-order valence-corrected chi connectivity index (χ3v) is 6.75. The number of benzene rings is 2. The maximum absolute atomic E-state index is 13.5. The number of thiophene rings is 1. The first-order chi connectivity index (χ1) is 14.6. The summed E-state index contributed by atoms with van der Waals surface area (Å²) in [5, 5.41) is 2.56. The summed E-state index contributed by atoms with van der Waals surface area (Å²) in [6.45, 7) is 1.58. The fourth-order valence-corrected chi connectivity index (χ4v) is 4.99. The van der Waals surface area contributed by atoms with Crippen LogP contribution in [0, 0.1) is 0 Å². The standard InChI is InChI=1S/C24H19ClN2O2S/c25-19-9-7-16(8-10-19)14-27-23(28)21(20-6-3-13-30-20)22(24(27)29)26-12-11-17-4-1-2-5-18(17)15-26/h1-10,13H,11-12,14-15H2. The molecule has 0 radical (unpaired) electrons.